The van der Waals surface area contributed by atoms with Crippen LogP contribution in [0.15, 0.2) is 9.63 Å². The first-order chi connectivity index (χ1) is 8.96. The molecule has 0 aromatic carbocycles. The summed E-state index contributed by atoms with van der Waals surface area (Å²) in [6.07, 6.45) is 2.40. The van der Waals surface area contributed by atoms with Gasteiger partial charge in [-0.15, -0.1) is 5.10 Å². The number of rotatable bonds is 4. The van der Waals surface area contributed by atoms with Gasteiger partial charge in [-0.3, -0.25) is 0 Å². The van der Waals surface area contributed by atoms with Crippen LogP contribution in [0, 0.1) is 5.92 Å². The van der Waals surface area contributed by atoms with E-state index in [0.29, 0.717) is 19.5 Å². The number of aliphatic hydroxyl groups excluding tert-OH is 1. The molecule has 0 saturated carbocycles. The van der Waals surface area contributed by atoms with Gasteiger partial charge in [-0.1, -0.05) is 5.21 Å². The van der Waals surface area contributed by atoms with Crippen molar-refractivity contribution < 1.29 is 13.5 Å². The largest absolute Gasteiger partial charge is 0.396 e. The van der Waals surface area contributed by atoms with E-state index >= 15 is 0 Å². The lowest BCUT2D eigenvalue weighted by atomic mass is 9.97. The van der Waals surface area contributed by atoms with Crippen molar-refractivity contribution in [2.45, 2.75) is 24.3 Å². The second kappa shape index (κ2) is 5.86. The van der Waals surface area contributed by atoms with Crippen LogP contribution in [0.1, 0.15) is 19.3 Å². The standard InChI is InChI=1S/C10H17BrN4O3S/c1-14-10(9(11)12-13-14)19(17,18)15-5-2-3-8(7-15)4-6-16/h8,16H,2-7H2,1H3. The molecule has 1 aromatic rings. The molecule has 0 spiro atoms. The third kappa shape index (κ3) is 2.99. The van der Waals surface area contributed by atoms with Crippen molar-refractivity contribution in [1.29, 1.82) is 0 Å². The molecule has 1 N–H and O–H groups in total. The average molecular weight is 353 g/mol. The first-order valence-electron chi connectivity index (χ1n) is 6.13. The molecule has 1 aliphatic heterocycles. The molecule has 1 saturated heterocycles. The summed E-state index contributed by atoms with van der Waals surface area (Å²) in [6, 6.07) is 0. The number of aliphatic hydroxyl groups is 1. The van der Waals surface area contributed by atoms with E-state index in [1.54, 1.807) is 7.05 Å². The van der Waals surface area contributed by atoms with Crippen molar-refractivity contribution >= 4 is 26.0 Å². The zero-order valence-corrected chi connectivity index (χ0v) is 13.1. The van der Waals surface area contributed by atoms with Crippen molar-refractivity contribution in [2.75, 3.05) is 19.7 Å². The summed E-state index contributed by atoms with van der Waals surface area (Å²) in [5.74, 6) is 0.216. The van der Waals surface area contributed by atoms with Crippen LogP contribution in [-0.2, 0) is 17.1 Å². The van der Waals surface area contributed by atoms with Crippen LogP contribution in [0.4, 0.5) is 0 Å². The van der Waals surface area contributed by atoms with Crippen LogP contribution in [0.3, 0.4) is 0 Å². The fraction of sp³-hybridized carbons (Fsp3) is 0.800. The van der Waals surface area contributed by atoms with Crippen molar-refractivity contribution in [2.24, 2.45) is 13.0 Å². The summed E-state index contributed by atoms with van der Waals surface area (Å²) >= 11 is 3.13. The number of aryl methyl sites for hydroxylation is 1. The third-order valence-corrected chi connectivity index (χ3v) is 6.09. The summed E-state index contributed by atoms with van der Waals surface area (Å²) in [4.78, 5) is 0. The summed E-state index contributed by atoms with van der Waals surface area (Å²) in [7, 11) is -2.03. The lowest BCUT2D eigenvalue weighted by Gasteiger charge is -2.31. The Labute approximate surface area is 120 Å². The summed E-state index contributed by atoms with van der Waals surface area (Å²) < 4.78 is 28.1. The molecule has 2 heterocycles. The Hall–Kier alpha value is -0.510. The molecule has 0 aliphatic carbocycles. The summed E-state index contributed by atoms with van der Waals surface area (Å²) in [6.45, 7) is 1.04. The highest BCUT2D eigenvalue weighted by molar-refractivity contribution is 9.10. The molecule has 19 heavy (non-hydrogen) atoms. The van der Waals surface area contributed by atoms with Crippen molar-refractivity contribution in [3.8, 4) is 0 Å². The number of nitrogens with zero attached hydrogens (tertiary/aromatic N) is 4. The second-order valence-electron chi connectivity index (χ2n) is 4.69. The zero-order chi connectivity index (χ0) is 14.0. The van der Waals surface area contributed by atoms with E-state index in [4.69, 9.17) is 5.11 Å². The fourth-order valence-electron chi connectivity index (χ4n) is 2.38. The normalized spacial score (nSPS) is 21.7. The van der Waals surface area contributed by atoms with Crippen molar-refractivity contribution in [3.63, 3.8) is 0 Å². The highest BCUT2D eigenvalue weighted by Gasteiger charge is 2.34. The van der Waals surface area contributed by atoms with Crippen LogP contribution in [0.25, 0.3) is 0 Å². The smallest absolute Gasteiger partial charge is 0.263 e. The number of hydrogen-bond acceptors (Lipinski definition) is 5. The summed E-state index contributed by atoms with van der Waals surface area (Å²) in [5.41, 5.74) is 0. The van der Waals surface area contributed by atoms with E-state index in [9.17, 15) is 8.42 Å². The maximum absolute atomic E-state index is 12.6. The minimum absolute atomic E-state index is 0.0807. The number of sulfonamides is 1. The van der Waals surface area contributed by atoms with Gasteiger partial charge in [0, 0.05) is 26.7 Å². The highest BCUT2D eigenvalue weighted by atomic mass is 79.9. The van der Waals surface area contributed by atoms with Crippen LogP contribution in [0.2, 0.25) is 0 Å². The van der Waals surface area contributed by atoms with E-state index in [2.05, 4.69) is 26.2 Å². The van der Waals surface area contributed by atoms with E-state index < -0.39 is 10.0 Å². The molecule has 1 aromatic heterocycles. The Kier molecular flexibility index (Phi) is 4.59. The lowest BCUT2D eigenvalue weighted by Crippen LogP contribution is -2.40. The molecular formula is C10H17BrN4O3S. The maximum atomic E-state index is 12.6. The van der Waals surface area contributed by atoms with E-state index in [1.807, 2.05) is 0 Å². The fourth-order valence-corrected chi connectivity index (χ4v) is 4.97. The lowest BCUT2D eigenvalue weighted by molar-refractivity contribution is 0.202. The van der Waals surface area contributed by atoms with Crippen molar-refractivity contribution in [3.05, 3.63) is 4.60 Å². The quantitative estimate of drug-likeness (QED) is 0.845. The molecule has 1 fully saturated rings. The van der Waals surface area contributed by atoms with Gasteiger partial charge >= 0.3 is 0 Å². The Morgan fingerprint density at radius 2 is 2.26 bits per heavy atom. The molecule has 2 rings (SSSR count). The van der Waals surface area contributed by atoms with Crippen LogP contribution < -0.4 is 0 Å². The zero-order valence-electron chi connectivity index (χ0n) is 10.7. The highest BCUT2D eigenvalue weighted by Crippen LogP contribution is 2.27. The van der Waals surface area contributed by atoms with Gasteiger partial charge < -0.3 is 5.11 Å². The Balaban J connectivity index is 2.25. The molecule has 0 amide bonds. The van der Waals surface area contributed by atoms with Gasteiger partial charge in [0.15, 0.2) is 4.60 Å². The Morgan fingerprint density at radius 1 is 1.53 bits per heavy atom. The first kappa shape index (κ1) is 14.9. The van der Waals surface area contributed by atoms with Gasteiger partial charge in [-0.2, -0.15) is 4.31 Å². The molecule has 1 aliphatic rings. The predicted molar refractivity (Wildman–Crippen MR) is 71.9 cm³/mol. The summed E-state index contributed by atoms with van der Waals surface area (Å²) in [5, 5.41) is 16.5. The SMILES string of the molecule is Cn1nnc(Br)c1S(=O)(=O)N1CCCC(CCO)C1. The monoisotopic (exact) mass is 352 g/mol. The minimum Gasteiger partial charge on any atom is -0.396 e. The molecule has 1 atom stereocenters. The van der Waals surface area contributed by atoms with E-state index in [-0.39, 0.29) is 22.2 Å². The molecule has 0 radical (unpaired) electrons. The number of halogens is 1. The molecular weight excluding hydrogens is 336 g/mol. The predicted octanol–water partition coefficient (Wildman–Crippen LogP) is 0.361. The minimum atomic E-state index is -3.59. The maximum Gasteiger partial charge on any atom is 0.263 e. The average Bonchev–Trinajstić information content (AvgIpc) is 2.70. The van der Waals surface area contributed by atoms with Crippen LogP contribution >= 0.6 is 15.9 Å². The number of piperidine rings is 1. The second-order valence-corrected chi connectivity index (χ2v) is 7.30. The van der Waals surface area contributed by atoms with Crippen LogP contribution in [-0.4, -0.2) is 52.5 Å². The van der Waals surface area contributed by atoms with Gasteiger partial charge in [-0.05, 0) is 41.1 Å². The third-order valence-electron chi connectivity index (χ3n) is 3.34. The number of aromatic nitrogens is 3. The van der Waals surface area contributed by atoms with Gasteiger partial charge in [0.25, 0.3) is 10.0 Å². The molecule has 108 valence electrons. The number of hydrogen-bond donors (Lipinski definition) is 1. The Morgan fingerprint density at radius 3 is 2.84 bits per heavy atom. The molecule has 0 bridgehead atoms. The van der Waals surface area contributed by atoms with Gasteiger partial charge in [-0.25, -0.2) is 13.1 Å². The van der Waals surface area contributed by atoms with Crippen molar-refractivity contribution in [1.82, 2.24) is 19.3 Å². The topological polar surface area (TPSA) is 88.3 Å². The van der Waals surface area contributed by atoms with Gasteiger partial charge in [0.2, 0.25) is 5.03 Å². The van der Waals surface area contributed by atoms with Gasteiger partial charge in [0.1, 0.15) is 0 Å². The van der Waals surface area contributed by atoms with E-state index in [0.717, 1.165) is 12.8 Å². The molecule has 7 nitrogen and oxygen atoms in total. The first-order valence-corrected chi connectivity index (χ1v) is 8.36. The van der Waals surface area contributed by atoms with Gasteiger partial charge in [0.05, 0.1) is 0 Å². The van der Waals surface area contributed by atoms with E-state index in [1.165, 1.54) is 8.99 Å². The molecule has 9 heteroatoms. The molecule has 1 unspecified atom stereocenters. The Bertz CT molecular complexity index is 523. The van der Waals surface area contributed by atoms with Crippen LogP contribution in [0.5, 0.6) is 0 Å².